The summed E-state index contributed by atoms with van der Waals surface area (Å²) in [6, 6.07) is 5.91. The van der Waals surface area contributed by atoms with Crippen molar-refractivity contribution >= 4 is 23.4 Å². The van der Waals surface area contributed by atoms with Gasteiger partial charge in [-0.2, -0.15) is 0 Å². The summed E-state index contributed by atoms with van der Waals surface area (Å²) in [5.41, 5.74) is 3.03. The summed E-state index contributed by atoms with van der Waals surface area (Å²) < 4.78 is 1.30. The summed E-state index contributed by atoms with van der Waals surface area (Å²) in [6.45, 7) is 5.79. The van der Waals surface area contributed by atoms with Gasteiger partial charge in [0.2, 0.25) is 11.1 Å². The number of nitrogen functional groups attached to an aromatic ring is 1. The summed E-state index contributed by atoms with van der Waals surface area (Å²) in [5, 5.41) is 10.6. The lowest BCUT2D eigenvalue weighted by Gasteiger charge is -2.13. The molecular weight excluding hydrogens is 274 g/mol. The molecule has 0 aliphatic carbocycles. The second kappa shape index (κ2) is 5.96. The van der Waals surface area contributed by atoms with E-state index in [0.29, 0.717) is 5.16 Å². The van der Waals surface area contributed by atoms with Gasteiger partial charge in [-0.3, -0.25) is 4.79 Å². The van der Waals surface area contributed by atoms with Crippen molar-refractivity contribution in [3.8, 4) is 0 Å². The third-order valence-electron chi connectivity index (χ3n) is 2.83. The van der Waals surface area contributed by atoms with Gasteiger partial charge in [0.15, 0.2) is 0 Å². The van der Waals surface area contributed by atoms with Crippen LogP contribution in [0.4, 0.5) is 5.69 Å². The first-order valence-electron chi connectivity index (χ1n) is 6.17. The largest absolute Gasteiger partial charge is 0.336 e. The summed E-state index contributed by atoms with van der Waals surface area (Å²) >= 11 is 1.27. The van der Waals surface area contributed by atoms with Gasteiger partial charge in [-0.15, -0.1) is 10.2 Å². The molecule has 0 bridgehead atoms. The van der Waals surface area contributed by atoms with E-state index in [9.17, 15) is 4.79 Å². The zero-order chi connectivity index (χ0) is 14.7. The molecule has 106 valence electrons. The number of nitrogens with zero attached hydrogens (tertiary/aromatic N) is 3. The molecule has 1 atom stereocenters. The number of benzene rings is 1. The Morgan fingerprint density at radius 1 is 1.45 bits per heavy atom. The van der Waals surface area contributed by atoms with Crippen molar-refractivity contribution < 1.29 is 4.79 Å². The van der Waals surface area contributed by atoms with Gasteiger partial charge in [0.1, 0.15) is 6.33 Å². The van der Waals surface area contributed by atoms with E-state index in [1.165, 1.54) is 28.3 Å². The number of rotatable bonds is 4. The molecule has 0 aliphatic heterocycles. The van der Waals surface area contributed by atoms with E-state index in [0.717, 1.165) is 11.3 Å². The SMILES string of the molecule is Cc1ccc(NC(=O)[C@H](C)Sc2nncn2N)c(C)c1. The van der Waals surface area contributed by atoms with Gasteiger partial charge in [-0.05, 0) is 32.4 Å². The number of carbonyl (C=O) groups excluding carboxylic acids is 1. The van der Waals surface area contributed by atoms with Gasteiger partial charge in [0.05, 0.1) is 5.25 Å². The van der Waals surface area contributed by atoms with Crippen molar-refractivity contribution in [1.82, 2.24) is 14.9 Å². The fourth-order valence-corrected chi connectivity index (χ4v) is 2.46. The van der Waals surface area contributed by atoms with Crippen molar-refractivity contribution in [3.63, 3.8) is 0 Å². The van der Waals surface area contributed by atoms with Crippen molar-refractivity contribution in [2.75, 3.05) is 11.2 Å². The molecule has 7 heteroatoms. The van der Waals surface area contributed by atoms with Crippen LogP contribution in [0.2, 0.25) is 0 Å². The van der Waals surface area contributed by atoms with E-state index < -0.39 is 0 Å². The van der Waals surface area contributed by atoms with Crippen molar-refractivity contribution in [3.05, 3.63) is 35.7 Å². The number of hydrogen-bond donors (Lipinski definition) is 2. The molecule has 1 amide bonds. The molecule has 0 saturated heterocycles. The Morgan fingerprint density at radius 2 is 2.20 bits per heavy atom. The molecule has 0 unspecified atom stereocenters. The van der Waals surface area contributed by atoms with E-state index in [4.69, 9.17) is 5.84 Å². The van der Waals surface area contributed by atoms with Gasteiger partial charge in [0, 0.05) is 5.69 Å². The molecule has 20 heavy (non-hydrogen) atoms. The van der Waals surface area contributed by atoms with Crippen molar-refractivity contribution in [2.24, 2.45) is 0 Å². The van der Waals surface area contributed by atoms with Crippen LogP contribution in [-0.2, 0) is 4.79 Å². The highest BCUT2D eigenvalue weighted by atomic mass is 32.2. The van der Waals surface area contributed by atoms with Crippen LogP contribution >= 0.6 is 11.8 Å². The number of nitrogens with one attached hydrogen (secondary N) is 1. The summed E-state index contributed by atoms with van der Waals surface area (Å²) in [4.78, 5) is 12.2. The average Bonchev–Trinajstić information content (AvgIpc) is 2.78. The second-order valence-corrected chi connectivity index (χ2v) is 5.90. The average molecular weight is 291 g/mol. The Kier molecular flexibility index (Phi) is 4.29. The third kappa shape index (κ3) is 3.30. The molecule has 0 aliphatic rings. The number of aromatic nitrogens is 3. The fourth-order valence-electron chi connectivity index (χ4n) is 1.72. The molecule has 1 heterocycles. The number of amides is 1. The minimum absolute atomic E-state index is 0.0926. The topological polar surface area (TPSA) is 85.8 Å². The number of hydrogen-bond acceptors (Lipinski definition) is 5. The summed E-state index contributed by atoms with van der Waals surface area (Å²) in [5.74, 6) is 5.53. The Morgan fingerprint density at radius 3 is 2.80 bits per heavy atom. The maximum Gasteiger partial charge on any atom is 0.237 e. The van der Waals surface area contributed by atoms with Crippen LogP contribution in [-0.4, -0.2) is 26.0 Å². The van der Waals surface area contributed by atoms with Crippen molar-refractivity contribution in [2.45, 2.75) is 31.2 Å². The lowest BCUT2D eigenvalue weighted by Crippen LogP contribution is -2.23. The molecular formula is C13H17N5OS. The number of carbonyl (C=O) groups is 1. The lowest BCUT2D eigenvalue weighted by atomic mass is 10.1. The Bertz CT molecular complexity index is 625. The van der Waals surface area contributed by atoms with E-state index in [1.807, 2.05) is 32.0 Å². The maximum atomic E-state index is 12.2. The summed E-state index contributed by atoms with van der Waals surface area (Å²) in [6.07, 6.45) is 1.40. The zero-order valence-corrected chi connectivity index (χ0v) is 12.4. The monoisotopic (exact) mass is 291 g/mol. The standard InChI is InChI=1S/C13H17N5OS/c1-8-4-5-11(9(2)6-8)16-12(19)10(3)20-13-17-15-7-18(13)14/h4-7,10H,14H2,1-3H3,(H,16,19)/t10-/m0/s1. The van der Waals surface area contributed by atoms with E-state index in [1.54, 1.807) is 6.92 Å². The van der Waals surface area contributed by atoms with Gasteiger partial charge in [-0.25, -0.2) is 4.68 Å². The minimum atomic E-state index is -0.317. The highest BCUT2D eigenvalue weighted by Gasteiger charge is 2.18. The fraction of sp³-hybridized carbons (Fsp3) is 0.308. The minimum Gasteiger partial charge on any atom is -0.336 e. The number of nitrogens with two attached hydrogens (primary N) is 1. The summed E-state index contributed by atoms with van der Waals surface area (Å²) in [7, 11) is 0. The molecule has 1 aromatic heterocycles. The number of thioether (sulfide) groups is 1. The first-order valence-corrected chi connectivity index (χ1v) is 7.05. The third-order valence-corrected chi connectivity index (χ3v) is 3.90. The molecule has 2 rings (SSSR count). The van der Waals surface area contributed by atoms with Crippen LogP contribution in [0.5, 0.6) is 0 Å². The molecule has 0 saturated carbocycles. The molecule has 2 aromatic rings. The molecule has 0 fully saturated rings. The van der Waals surface area contributed by atoms with Crippen LogP contribution in [0.3, 0.4) is 0 Å². The van der Waals surface area contributed by atoms with Gasteiger partial charge < -0.3 is 11.2 Å². The number of anilines is 1. The van der Waals surface area contributed by atoms with Crippen LogP contribution in [0.25, 0.3) is 0 Å². The highest BCUT2D eigenvalue weighted by Crippen LogP contribution is 2.22. The first-order chi connectivity index (χ1) is 9.47. The number of aryl methyl sites for hydroxylation is 2. The Hall–Kier alpha value is -2.02. The van der Waals surface area contributed by atoms with E-state index >= 15 is 0 Å². The van der Waals surface area contributed by atoms with Gasteiger partial charge in [0.25, 0.3) is 0 Å². The maximum absolute atomic E-state index is 12.2. The predicted octanol–water partition coefficient (Wildman–Crippen LogP) is 1.73. The molecule has 3 N–H and O–H groups in total. The van der Waals surface area contributed by atoms with Gasteiger partial charge in [-0.1, -0.05) is 29.5 Å². The Balaban J connectivity index is 2.02. The van der Waals surface area contributed by atoms with Crippen molar-refractivity contribution in [1.29, 1.82) is 0 Å². The molecule has 0 radical (unpaired) electrons. The predicted molar refractivity (Wildman–Crippen MR) is 80.0 cm³/mol. The smallest absolute Gasteiger partial charge is 0.237 e. The van der Waals surface area contributed by atoms with Crippen LogP contribution in [0, 0.1) is 13.8 Å². The first kappa shape index (κ1) is 14.4. The normalized spacial score (nSPS) is 12.2. The zero-order valence-electron chi connectivity index (χ0n) is 11.6. The quantitative estimate of drug-likeness (QED) is 0.662. The lowest BCUT2D eigenvalue weighted by molar-refractivity contribution is -0.115. The molecule has 6 nitrogen and oxygen atoms in total. The van der Waals surface area contributed by atoms with Crippen LogP contribution < -0.4 is 11.2 Å². The van der Waals surface area contributed by atoms with E-state index in [-0.39, 0.29) is 11.2 Å². The van der Waals surface area contributed by atoms with Crippen LogP contribution in [0.1, 0.15) is 18.1 Å². The van der Waals surface area contributed by atoms with E-state index in [2.05, 4.69) is 15.5 Å². The second-order valence-electron chi connectivity index (χ2n) is 4.59. The van der Waals surface area contributed by atoms with Gasteiger partial charge >= 0.3 is 0 Å². The molecule has 0 spiro atoms. The Labute approximate surface area is 121 Å². The highest BCUT2D eigenvalue weighted by molar-refractivity contribution is 8.00. The molecule has 1 aromatic carbocycles. The van der Waals surface area contributed by atoms with Crippen LogP contribution in [0.15, 0.2) is 29.7 Å².